The highest BCUT2D eigenvalue weighted by Gasteiger charge is 2.33. The van der Waals surface area contributed by atoms with Crippen molar-refractivity contribution in [1.82, 2.24) is 9.55 Å². The van der Waals surface area contributed by atoms with Gasteiger partial charge in [0.1, 0.15) is 18.5 Å². The SMILES string of the molecule is CCc1nc2ccc(Cl)cc2n1CC(=O)OC1C[C@H](C)CC[C@H]1C(C)C. The number of nitrogens with zero attached hydrogens (tertiary/aromatic N) is 2. The quantitative estimate of drug-likeness (QED) is 0.669. The highest BCUT2D eigenvalue weighted by atomic mass is 35.5. The predicted molar refractivity (Wildman–Crippen MR) is 105 cm³/mol. The number of hydrogen-bond donors (Lipinski definition) is 0. The third kappa shape index (κ3) is 4.06. The number of esters is 1. The zero-order chi connectivity index (χ0) is 18.8. The summed E-state index contributed by atoms with van der Waals surface area (Å²) < 4.78 is 7.91. The molecule has 1 aromatic heterocycles. The third-order valence-corrected chi connectivity index (χ3v) is 5.87. The molecule has 0 amide bonds. The molecule has 0 aliphatic heterocycles. The average Bonchev–Trinajstić information content (AvgIpc) is 2.91. The van der Waals surface area contributed by atoms with E-state index in [4.69, 9.17) is 16.3 Å². The summed E-state index contributed by atoms with van der Waals surface area (Å²) in [6.07, 6.45) is 4.11. The maximum Gasteiger partial charge on any atom is 0.326 e. The first-order valence-corrected chi connectivity index (χ1v) is 10.1. The van der Waals surface area contributed by atoms with Gasteiger partial charge in [-0.25, -0.2) is 4.98 Å². The molecule has 1 aliphatic rings. The highest BCUT2D eigenvalue weighted by molar-refractivity contribution is 6.31. The predicted octanol–water partition coefficient (Wildman–Crippen LogP) is 5.26. The van der Waals surface area contributed by atoms with Crippen LogP contribution in [0.2, 0.25) is 5.02 Å². The molecule has 4 nitrogen and oxygen atoms in total. The highest BCUT2D eigenvalue weighted by Crippen LogP contribution is 2.35. The number of halogens is 1. The summed E-state index contributed by atoms with van der Waals surface area (Å²) in [4.78, 5) is 17.4. The van der Waals surface area contributed by atoms with Crippen LogP contribution in [0.25, 0.3) is 11.0 Å². The molecule has 0 radical (unpaired) electrons. The number of ether oxygens (including phenoxy) is 1. The van der Waals surface area contributed by atoms with Gasteiger partial charge in [-0.1, -0.05) is 45.7 Å². The van der Waals surface area contributed by atoms with Gasteiger partial charge in [-0.3, -0.25) is 4.79 Å². The minimum Gasteiger partial charge on any atom is -0.461 e. The van der Waals surface area contributed by atoms with Gasteiger partial charge in [0.05, 0.1) is 11.0 Å². The van der Waals surface area contributed by atoms with Gasteiger partial charge in [0.25, 0.3) is 0 Å². The normalized spacial score (nSPS) is 23.5. The van der Waals surface area contributed by atoms with Crippen molar-refractivity contribution in [2.75, 3.05) is 0 Å². The van der Waals surface area contributed by atoms with Crippen LogP contribution in [-0.2, 0) is 22.5 Å². The number of carbonyl (C=O) groups excluding carboxylic acids is 1. The number of aromatic nitrogens is 2. The first-order chi connectivity index (χ1) is 12.4. The number of rotatable bonds is 5. The van der Waals surface area contributed by atoms with E-state index in [0.717, 1.165) is 36.1 Å². The van der Waals surface area contributed by atoms with Crippen molar-refractivity contribution in [2.24, 2.45) is 17.8 Å². The lowest BCUT2D eigenvalue weighted by atomic mass is 9.75. The standard InChI is InChI=1S/C21H29ClN2O2/c1-5-20-23-17-9-7-15(22)11-18(17)24(20)12-21(25)26-19-10-14(4)6-8-16(19)13(2)3/h7,9,11,13-14,16,19H,5-6,8,10,12H2,1-4H3/t14-,16+,19?/m1/s1. The maximum atomic E-state index is 12.7. The minimum absolute atomic E-state index is 0.0229. The first kappa shape index (κ1) is 19.2. The van der Waals surface area contributed by atoms with Gasteiger partial charge in [-0.15, -0.1) is 0 Å². The largest absolute Gasteiger partial charge is 0.461 e. The lowest BCUT2D eigenvalue weighted by Crippen LogP contribution is -2.36. The maximum absolute atomic E-state index is 12.7. The molecule has 2 aromatic rings. The second-order valence-corrected chi connectivity index (χ2v) is 8.39. The van der Waals surface area contributed by atoms with Crippen LogP contribution >= 0.6 is 11.6 Å². The van der Waals surface area contributed by atoms with Crippen molar-refractivity contribution < 1.29 is 9.53 Å². The number of fused-ring (bicyclic) bond motifs is 1. The summed E-state index contributed by atoms with van der Waals surface area (Å²) in [5, 5.41) is 0.649. The summed E-state index contributed by atoms with van der Waals surface area (Å²) in [6.45, 7) is 8.93. The molecule has 0 N–H and O–H groups in total. The molecule has 3 rings (SSSR count). The Labute approximate surface area is 160 Å². The molecule has 1 saturated carbocycles. The van der Waals surface area contributed by atoms with E-state index in [1.165, 1.54) is 6.42 Å². The summed E-state index contributed by atoms with van der Waals surface area (Å²) >= 11 is 6.15. The van der Waals surface area contributed by atoms with E-state index in [0.29, 0.717) is 22.8 Å². The number of hydrogen-bond acceptors (Lipinski definition) is 3. The molecule has 1 heterocycles. The van der Waals surface area contributed by atoms with E-state index >= 15 is 0 Å². The van der Waals surface area contributed by atoms with E-state index < -0.39 is 0 Å². The summed E-state index contributed by atoms with van der Waals surface area (Å²) in [5.74, 6) is 2.30. The van der Waals surface area contributed by atoms with Crippen LogP contribution in [0.4, 0.5) is 0 Å². The molecule has 0 bridgehead atoms. The molecule has 0 saturated heterocycles. The Morgan fingerprint density at radius 2 is 2.15 bits per heavy atom. The molecule has 1 unspecified atom stereocenters. The lowest BCUT2D eigenvalue weighted by Gasteiger charge is -2.36. The lowest BCUT2D eigenvalue weighted by molar-refractivity contribution is -0.156. The molecular weight excluding hydrogens is 348 g/mol. The number of benzene rings is 1. The van der Waals surface area contributed by atoms with E-state index in [2.05, 4.69) is 25.8 Å². The smallest absolute Gasteiger partial charge is 0.326 e. The van der Waals surface area contributed by atoms with Crippen molar-refractivity contribution in [3.8, 4) is 0 Å². The summed E-state index contributed by atoms with van der Waals surface area (Å²) in [7, 11) is 0. The van der Waals surface area contributed by atoms with Gasteiger partial charge in [-0.2, -0.15) is 0 Å². The molecule has 0 spiro atoms. The second kappa shape index (κ2) is 7.99. The molecule has 1 aliphatic carbocycles. The summed E-state index contributed by atoms with van der Waals surface area (Å²) in [6, 6.07) is 5.60. The second-order valence-electron chi connectivity index (χ2n) is 7.96. The zero-order valence-electron chi connectivity index (χ0n) is 16.2. The topological polar surface area (TPSA) is 44.1 Å². The Kier molecular flexibility index (Phi) is 5.91. The van der Waals surface area contributed by atoms with E-state index in [9.17, 15) is 4.79 Å². The Balaban J connectivity index is 1.79. The van der Waals surface area contributed by atoms with Crippen LogP contribution in [0.1, 0.15) is 52.8 Å². The van der Waals surface area contributed by atoms with Crippen LogP contribution in [-0.4, -0.2) is 21.6 Å². The molecule has 1 fully saturated rings. The van der Waals surface area contributed by atoms with Gasteiger partial charge >= 0.3 is 5.97 Å². The Bertz CT molecular complexity index is 784. The number of aryl methyl sites for hydroxylation is 1. The van der Waals surface area contributed by atoms with Crippen molar-refractivity contribution in [3.05, 3.63) is 29.0 Å². The number of carbonyl (C=O) groups is 1. The van der Waals surface area contributed by atoms with Gasteiger partial charge < -0.3 is 9.30 Å². The molecule has 1 aromatic carbocycles. The fourth-order valence-electron chi connectivity index (χ4n) is 4.18. The third-order valence-electron chi connectivity index (χ3n) is 5.64. The van der Waals surface area contributed by atoms with Crippen LogP contribution in [0.15, 0.2) is 18.2 Å². The average molecular weight is 377 g/mol. The molecule has 26 heavy (non-hydrogen) atoms. The molecule has 142 valence electrons. The molecule has 5 heteroatoms. The van der Waals surface area contributed by atoms with Crippen molar-refractivity contribution in [2.45, 2.75) is 66.0 Å². The molecule has 3 atom stereocenters. The van der Waals surface area contributed by atoms with Gasteiger partial charge in [-0.05, 0) is 48.8 Å². The minimum atomic E-state index is -0.177. The zero-order valence-corrected chi connectivity index (χ0v) is 16.9. The van der Waals surface area contributed by atoms with Crippen LogP contribution in [0.3, 0.4) is 0 Å². The Morgan fingerprint density at radius 3 is 2.85 bits per heavy atom. The van der Waals surface area contributed by atoms with E-state index in [1.54, 1.807) is 0 Å². The summed E-state index contributed by atoms with van der Waals surface area (Å²) in [5.41, 5.74) is 1.76. The van der Waals surface area contributed by atoms with Crippen LogP contribution in [0.5, 0.6) is 0 Å². The van der Waals surface area contributed by atoms with Gasteiger partial charge in [0.15, 0.2) is 0 Å². The first-order valence-electron chi connectivity index (χ1n) is 9.73. The van der Waals surface area contributed by atoms with Crippen molar-refractivity contribution in [1.29, 1.82) is 0 Å². The van der Waals surface area contributed by atoms with E-state index in [1.807, 2.05) is 29.7 Å². The monoisotopic (exact) mass is 376 g/mol. The van der Waals surface area contributed by atoms with Crippen molar-refractivity contribution >= 4 is 28.6 Å². The van der Waals surface area contributed by atoms with E-state index in [-0.39, 0.29) is 18.6 Å². The fraction of sp³-hybridized carbons (Fsp3) is 0.619. The van der Waals surface area contributed by atoms with Crippen LogP contribution < -0.4 is 0 Å². The molecular formula is C21H29ClN2O2. The van der Waals surface area contributed by atoms with Crippen LogP contribution in [0, 0.1) is 17.8 Å². The number of imidazole rings is 1. The fourth-order valence-corrected chi connectivity index (χ4v) is 4.34. The Hall–Kier alpha value is -1.55. The Morgan fingerprint density at radius 1 is 1.38 bits per heavy atom. The van der Waals surface area contributed by atoms with Gasteiger partial charge in [0, 0.05) is 11.4 Å². The van der Waals surface area contributed by atoms with Crippen molar-refractivity contribution in [3.63, 3.8) is 0 Å². The van der Waals surface area contributed by atoms with Gasteiger partial charge in [0.2, 0.25) is 0 Å².